The zero-order valence-corrected chi connectivity index (χ0v) is 23.3. The van der Waals surface area contributed by atoms with E-state index < -0.39 is 11.9 Å². The molecule has 1 amide bonds. The number of amides is 1. The molecule has 0 bridgehead atoms. The van der Waals surface area contributed by atoms with Gasteiger partial charge in [-0.2, -0.15) is 45.3 Å². The van der Waals surface area contributed by atoms with Crippen LogP contribution in [0.25, 0.3) is 0 Å². The first-order valence-corrected chi connectivity index (χ1v) is 11.4. The minimum Gasteiger partial charge on any atom is -0.346 e. The lowest BCUT2D eigenvalue weighted by molar-refractivity contribution is -0.141. The van der Waals surface area contributed by atoms with Crippen LogP contribution in [-0.2, 0) is 23.8 Å². The first kappa shape index (κ1) is 30.4. The summed E-state index contributed by atoms with van der Waals surface area (Å²) in [5.74, 6) is 1.45. The summed E-state index contributed by atoms with van der Waals surface area (Å²) < 4.78 is 40.0. The van der Waals surface area contributed by atoms with Crippen molar-refractivity contribution >= 4 is 44.4 Å². The van der Waals surface area contributed by atoms with Crippen molar-refractivity contribution in [2.75, 3.05) is 17.3 Å². The number of fused-ring (bicyclic) bond motifs is 1. The minimum atomic E-state index is -4.46. The zero-order valence-electron chi connectivity index (χ0n) is 21.3. The van der Waals surface area contributed by atoms with E-state index in [-0.39, 0.29) is 50.9 Å². The average molecular weight is 556 g/mol. The van der Waals surface area contributed by atoms with Gasteiger partial charge in [0.25, 0.3) is 0 Å². The fraction of sp³-hybridized carbons (Fsp3) is 0.458. The van der Waals surface area contributed by atoms with Crippen molar-refractivity contribution < 1.29 is 18.0 Å². The number of pyridine rings is 1. The number of hydrogen-bond donors (Lipinski definition) is 1. The maximum Gasteiger partial charge on any atom is 0.433 e. The molecule has 8 nitrogen and oxygen atoms in total. The van der Waals surface area contributed by atoms with Gasteiger partial charge in [0, 0.05) is 25.9 Å². The molecule has 0 unspecified atom stereocenters. The SMILES string of the molecule is Cc1nc(CCc2cnn([C@@H](C)c3ccc(C(F)(F)F)nc3)c2)nc2c1NC(=O)[C@H](C(C)C)N2C.S.S. The van der Waals surface area contributed by atoms with E-state index in [9.17, 15) is 18.0 Å². The standard InChI is InChI=1S/C24H28F3N7O.2H2S/c1-13(2)21-23(35)32-20-14(3)30-19(31-22(20)33(21)5)9-6-16-10-29-34(12-16)15(4)17-7-8-18(28-11-17)24(25,26)27;;/h7-8,10-13,15,21H,6,9H2,1-5H3,(H,32,35);2*1H2/t15-,21-;;/m0../s1. The molecule has 37 heavy (non-hydrogen) atoms. The van der Waals surface area contributed by atoms with Gasteiger partial charge < -0.3 is 10.2 Å². The highest BCUT2D eigenvalue weighted by molar-refractivity contribution is 7.59. The van der Waals surface area contributed by atoms with Crippen LogP contribution < -0.4 is 10.2 Å². The van der Waals surface area contributed by atoms with Crippen LogP contribution in [-0.4, -0.2) is 43.7 Å². The largest absolute Gasteiger partial charge is 0.433 e. The number of nitrogens with zero attached hydrogens (tertiary/aromatic N) is 6. The van der Waals surface area contributed by atoms with E-state index in [1.165, 1.54) is 12.3 Å². The molecule has 0 aromatic carbocycles. The topological polar surface area (TPSA) is 88.8 Å². The number of halogens is 3. The molecule has 0 fully saturated rings. The van der Waals surface area contributed by atoms with E-state index in [4.69, 9.17) is 4.98 Å². The van der Waals surface area contributed by atoms with Gasteiger partial charge in [0.2, 0.25) is 5.91 Å². The normalized spacial score (nSPS) is 16.0. The summed E-state index contributed by atoms with van der Waals surface area (Å²) in [5.41, 5.74) is 2.03. The fourth-order valence-electron chi connectivity index (χ4n) is 4.33. The van der Waals surface area contributed by atoms with E-state index >= 15 is 0 Å². The van der Waals surface area contributed by atoms with E-state index in [2.05, 4.69) is 20.4 Å². The molecule has 3 aromatic heterocycles. The Labute approximate surface area is 228 Å². The Morgan fingerprint density at radius 1 is 1.08 bits per heavy atom. The first-order chi connectivity index (χ1) is 16.5. The molecule has 0 radical (unpaired) electrons. The molecule has 0 saturated carbocycles. The number of aromatic nitrogens is 5. The lowest BCUT2D eigenvalue weighted by Gasteiger charge is -2.36. The molecular weight excluding hydrogens is 523 g/mol. The van der Waals surface area contributed by atoms with Crippen LogP contribution in [0.5, 0.6) is 0 Å². The summed E-state index contributed by atoms with van der Waals surface area (Å²) in [6.07, 6.45) is 1.59. The maximum absolute atomic E-state index is 12.8. The Morgan fingerprint density at radius 2 is 1.78 bits per heavy atom. The van der Waals surface area contributed by atoms with Gasteiger partial charge in [-0.05, 0) is 43.4 Å². The summed E-state index contributed by atoms with van der Waals surface area (Å²) in [6.45, 7) is 7.71. The molecular formula is C24H32F3N7OS2. The Balaban J connectivity index is 0.00000241. The number of likely N-dealkylation sites (N-methyl/N-ethyl adjacent to an activating group) is 1. The summed E-state index contributed by atoms with van der Waals surface area (Å²) in [5, 5.41) is 7.33. The highest BCUT2D eigenvalue weighted by Gasteiger charge is 2.35. The summed E-state index contributed by atoms with van der Waals surface area (Å²) in [4.78, 5) is 27.3. The highest BCUT2D eigenvalue weighted by Crippen LogP contribution is 2.33. The van der Waals surface area contributed by atoms with E-state index in [1.807, 2.05) is 45.8 Å². The van der Waals surface area contributed by atoms with Crippen molar-refractivity contribution in [3.8, 4) is 0 Å². The third-order valence-corrected chi connectivity index (χ3v) is 6.27. The lowest BCUT2D eigenvalue weighted by Crippen LogP contribution is -2.49. The molecule has 13 heteroatoms. The second-order valence-electron chi connectivity index (χ2n) is 9.19. The number of carbonyl (C=O) groups excluding carboxylic acids is 1. The van der Waals surface area contributed by atoms with Crippen LogP contribution in [0.4, 0.5) is 24.7 Å². The van der Waals surface area contributed by atoms with Crippen LogP contribution in [0.15, 0.2) is 30.7 Å². The third-order valence-electron chi connectivity index (χ3n) is 6.27. The van der Waals surface area contributed by atoms with Gasteiger partial charge in [-0.15, -0.1) is 0 Å². The van der Waals surface area contributed by atoms with Gasteiger partial charge in [-0.1, -0.05) is 19.9 Å². The van der Waals surface area contributed by atoms with Gasteiger partial charge in [-0.3, -0.25) is 14.5 Å². The quantitative estimate of drug-likeness (QED) is 0.484. The molecule has 3 aromatic rings. The van der Waals surface area contributed by atoms with Gasteiger partial charge >= 0.3 is 6.18 Å². The van der Waals surface area contributed by atoms with Gasteiger partial charge in [0.15, 0.2) is 5.82 Å². The third kappa shape index (κ3) is 6.38. The second-order valence-corrected chi connectivity index (χ2v) is 9.19. The van der Waals surface area contributed by atoms with Gasteiger partial charge in [0.05, 0.1) is 17.9 Å². The Hall–Kier alpha value is -2.80. The molecule has 1 aliphatic rings. The molecule has 0 aliphatic carbocycles. The molecule has 1 N–H and O–H groups in total. The van der Waals surface area contributed by atoms with Crippen molar-refractivity contribution in [1.29, 1.82) is 0 Å². The number of rotatable bonds is 6. The minimum absolute atomic E-state index is 0. The second kappa shape index (κ2) is 11.7. The average Bonchev–Trinajstić information content (AvgIpc) is 3.26. The molecule has 202 valence electrons. The molecule has 4 rings (SSSR count). The monoisotopic (exact) mass is 555 g/mol. The molecule has 1 aliphatic heterocycles. The Bertz CT molecular complexity index is 1230. The Morgan fingerprint density at radius 3 is 2.38 bits per heavy atom. The lowest BCUT2D eigenvalue weighted by atomic mass is 9.99. The van der Waals surface area contributed by atoms with Crippen molar-refractivity contribution in [3.63, 3.8) is 0 Å². The highest BCUT2D eigenvalue weighted by atomic mass is 32.1. The molecule has 2 atom stereocenters. The number of nitrogens with one attached hydrogen (secondary N) is 1. The van der Waals surface area contributed by atoms with Crippen LogP contribution in [0.1, 0.15) is 55.2 Å². The van der Waals surface area contributed by atoms with Crippen LogP contribution in [0.2, 0.25) is 0 Å². The smallest absolute Gasteiger partial charge is 0.346 e. The van der Waals surface area contributed by atoms with Crippen molar-refractivity contribution in [2.45, 2.75) is 58.8 Å². The number of carbonyl (C=O) groups is 1. The molecule has 0 spiro atoms. The van der Waals surface area contributed by atoms with Crippen molar-refractivity contribution in [2.24, 2.45) is 5.92 Å². The molecule has 4 heterocycles. The summed E-state index contributed by atoms with van der Waals surface area (Å²) in [6, 6.07) is 1.83. The maximum atomic E-state index is 12.8. The molecule has 0 saturated heterocycles. The summed E-state index contributed by atoms with van der Waals surface area (Å²) >= 11 is 0. The number of alkyl halides is 3. The number of anilines is 2. The summed E-state index contributed by atoms with van der Waals surface area (Å²) in [7, 11) is 1.87. The van der Waals surface area contributed by atoms with Gasteiger partial charge in [-0.25, -0.2) is 9.97 Å². The van der Waals surface area contributed by atoms with Crippen molar-refractivity contribution in [3.05, 3.63) is 59.1 Å². The number of aryl methyl sites for hydroxylation is 3. The fourth-order valence-corrected chi connectivity index (χ4v) is 4.33. The van der Waals surface area contributed by atoms with E-state index in [0.29, 0.717) is 41.4 Å². The van der Waals surface area contributed by atoms with E-state index in [0.717, 1.165) is 11.6 Å². The van der Waals surface area contributed by atoms with Crippen LogP contribution in [0, 0.1) is 12.8 Å². The predicted molar refractivity (Wildman–Crippen MR) is 146 cm³/mol. The van der Waals surface area contributed by atoms with Crippen LogP contribution >= 0.6 is 27.0 Å². The zero-order chi connectivity index (χ0) is 25.5. The van der Waals surface area contributed by atoms with Crippen molar-refractivity contribution in [1.82, 2.24) is 24.7 Å². The van der Waals surface area contributed by atoms with E-state index in [1.54, 1.807) is 10.9 Å². The number of hydrogen-bond acceptors (Lipinski definition) is 6. The first-order valence-electron chi connectivity index (χ1n) is 11.4. The Kier molecular flexibility index (Phi) is 9.64. The van der Waals surface area contributed by atoms with Gasteiger partial charge in [0.1, 0.15) is 23.2 Å². The predicted octanol–water partition coefficient (Wildman–Crippen LogP) is 4.43. The van der Waals surface area contributed by atoms with Crippen LogP contribution in [0.3, 0.4) is 0 Å².